The fourth-order valence-electron chi connectivity index (χ4n) is 2.09. The maximum absolute atomic E-state index is 5.74. The zero-order valence-electron chi connectivity index (χ0n) is 11.0. The van der Waals surface area contributed by atoms with E-state index in [0.29, 0.717) is 13.2 Å². The standard InChI is InChI=1S/C16H16N2O2/c17-16-18-10-15(20-16)13-6-8-14(9-7-13)19-11-12-4-2-1-3-5-12/h1-9,15H,10-11H2,(H2,17,18). The first kappa shape index (κ1) is 12.5. The normalized spacial score (nSPS) is 17.4. The smallest absolute Gasteiger partial charge is 0.282 e. The average molecular weight is 268 g/mol. The van der Waals surface area contributed by atoms with Crippen molar-refractivity contribution >= 4 is 6.02 Å². The van der Waals surface area contributed by atoms with Gasteiger partial charge in [-0.25, -0.2) is 4.99 Å². The second kappa shape index (κ2) is 5.65. The lowest BCUT2D eigenvalue weighted by molar-refractivity contribution is 0.226. The Morgan fingerprint density at radius 2 is 1.85 bits per heavy atom. The van der Waals surface area contributed by atoms with Gasteiger partial charge in [-0.15, -0.1) is 0 Å². The van der Waals surface area contributed by atoms with E-state index in [2.05, 4.69) is 4.99 Å². The van der Waals surface area contributed by atoms with E-state index in [0.717, 1.165) is 16.9 Å². The first-order chi connectivity index (χ1) is 9.81. The summed E-state index contributed by atoms with van der Waals surface area (Å²) in [5.74, 6) is 0.837. The van der Waals surface area contributed by atoms with Gasteiger partial charge in [0.25, 0.3) is 6.02 Å². The van der Waals surface area contributed by atoms with Gasteiger partial charge in [-0.2, -0.15) is 0 Å². The quantitative estimate of drug-likeness (QED) is 0.927. The topological polar surface area (TPSA) is 56.8 Å². The summed E-state index contributed by atoms with van der Waals surface area (Å²) >= 11 is 0. The lowest BCUT2D eigenvalue weighted by Gasteiger charge is -2.11. The van der Waals surface area contributed by atoms with Gasteiger partial charge in [0.05, 0.1) is 6.54 Å². The highest BCUT2D eigenvalue weighted by Crippen LogP contribution is 2.24. The first-order valence-electron chi connectivity index (χ1n) is 6.54. The van der Waals surface area contributed by atoms with Crippen LogP contribution in [0.4, 0.5) is 0 Å². The number of ether oxygens (including phenoxy) is 2. The molecule has 0 saturated heterocycles. The van der Waals surface area contributed by atoms with Gasteiger partial charge < -0.3 is 15.2 Å². The SMILES string of the molecule is NC1=NCC(c2ccc(OCc3ccccc3)cc2)O1. The average Bonchev–Trinajstić information content (AvgIpc) is 2.93. The Kier molecular flexibility index (Phi) is 3.54. The van der Waals surface area contributed by atoms with Crippen LogP contribution in [0.2, 0.25) is 0 Å². The third-order valence-electron chi connectivity index (χ3n) is 3.18. The Bertz CT molecular complexity index is 594. The van der Waals surface area contributed by atoms with E-state index in [1.165, 1.54) is 0 Å². The molecule has 4 nitrogen and oxygen atoms in total. The van der Waals surface area contributed by atoms with E-state index >= 15 is 0 Å². The summed E-state index contributed by atoms with van der Waals surface area (Å²) in [6, 6.07) is 18.2. The number of nitrogens with zero attached hydrogens (tertiary/aromatic N) is 1. The van der Waals surface area contributed by atoms with Crippen LogP contribution in [0.3, 0.4) is 0 Å². The van der Waals surface area contributed by atoms with Gasteiger partial charge in [0.1, 0.15) is 18.5 Å². The first-order valence-corrected chi connectivity index (χ1v) is 6.54. The van der Waals surface area contributed by atoms with Gasteiger partial charge in [-0.05, 0) is 23.3 Å². The summed E-state index contributed by atoms with van der Waals surface area (Å²) in [5, 5.41) is 0. The van der Waals surface area contributed by atoms with Crippen LogP contribution < -0.4 is 10.5 Å². The van der Waals surface area contributed by atoms with Crippen molar-refractivity contribution in [1.29, 1.82) is 0 Å². The molecule has 0 spiro atoms. The Labute approximate surface area is 117 Å². The maximum Gasteiger partial charge on any atom is 0.282 e. The van der Waals surface area contributed by atoms with E-state index in [4.69, 9.17) is 15.2 Å². The molecule has 0 amide bonds. The van der Waals surface area contributed by atoms with Crippen LogP contribution in [-0.2, 0) is 11.3 Å². The summed E-state index contributed by atoms with van der Waals surface area (Å²) < 4.78 is 11.1. The van der Waals surface area contributed by atoms with Crippen molar-refractivity contribution in [3.05, 3.63) is 65.7 Å². The van der Waals surface area contributed by atoms with Crippen molar-refractivity contribution in [2.45, 2.75) is 12.7 Å². The third kappa shape index (κ3) is 2.91. The monoisotopic (exact) mass is 268 g/mol. The van der Waals surface area contributed by atoms with E-state index < -0.39 is 0 Å². The fourth-order valence-corrected chi connectivity index (χ4v) is 2.09. The van der Waals surface area contributed by atoms with Crippen molar-refractivity contribution in [2.75, 3.05) is 6.54 Å². The van der Waals surface area contributed by atoms with Crippen molar-refractivity contribution in [3.8, 4) is 5.75 Å². The predicted molar refractivity (Wildman–Crippen MR) is 77.5 cm³/mol. The van der Waals surface area contributed by atoms with Gasteiger partial charge in [-0.3, -0.25) is 0 Å². The van der Waals surface area contributed by atoms with Crippen LogP contribution in [0.5, 0.6) is 5.75 Å². The molecule has 0 bridgehead atoms. The van der Waals surface area contributed by atoms with Crippen LogP contribution in [0.1, 0.15) is 17.2 Å². The fraction of sp³-hybridized carbons (Fsp3) is 0.188. The van der Waals surface area contributed by atoms with Gasteiger partial charge >= 0.3 is 0 Å². The molecule has 0 aliphatic carbocycles. The molecule has 2 aromatic carbocycles. The maximum atomic E-state index is 5.74. The van der Waals surface area contributed by atoms with Crippen molar-refractivity contribution in [3.63, 3.8) is 0 Å². The summed E-state index contributed by atoms with van der Waals surface area (Å²) in [7, 11) is 0. The van der Waals surface area contributed by atoms with E-state index in [9.17, 15) is 0 Å². The Hall–Kier alpha value is -2.49. The lowest BCUT2D eigenvalue weighted by atomic mass is 10.1. The third-order valence-corrected chi connectivity index (χ3v) is 3.18. The summed E-state index contributed by atoms with van der Waals surface area (Å²) in [4.78, 5) is 4.03. The zero-order valence-corrected chi connectivity index (χ0v) is 11.0. The Morgan fingerprint density at radius 3 is 2.50 bits per heavy atom. The molecular formula is C16H16N2O2. The molecule has 0 saturated carbocycles. The molecule has 0 radical (unpaired) electrons. The van der Waals surface area contributed by atoms with Gasteiger partial charge in [-0.1, -0.05) is 42.5 Å². The van der Waals surface area contributed by atoms with Crippen LogP contribution in [-0.4, -0.2) is 12.6 Å². The highest BCUT2D eigenvalue weighted by molar-refractivity contribution is 5.73. The molecule has 3 rings (SSSR count). The van der Waals surface area contributed by atoms with Crippen molar-refractivity contribution in [2.24, 2.45) is 10.7 Å². The molecule has 0 fully saturated rings. The summed E-state index contributed by atoms with van der Waals surface area (Å²) in [6.07, 6.45) is -0.0711. The minimum atomic E-state index is -0.0711. The zero-order chi connectivity index (χ0) is 13.8. The van der Waals surface area contributed by atoms with Crippen LogP contribution >= 0.6 is 0 Å². The summed E-state index contributed by atoms with van der Waals surface area (Å²) in [6.45, 7) is 1.15. The molecule has 1 aliphatic heterocycles. The molecular weight excluding hydrogens is 252 g/mol. The molecule has 1 atom stereocenters. The van der Waals surface area contributed by atoms with E-state index in [1.54, 1.807) is 0 Å². The number of benzene rings is 2. The number of aliphatic imine (C=N–C) groups is 1. The second-order valence-electron chi connectivity index (χ2n) is 4.63. The lowest BCUT2D eigenvalue weighted by Crippen LogP contribution is -2.13. The van der Waals surface area contributed by atoms with E-state index in [1.807, 2.05) is 54.6 Å². The largest absolute Gasteiger partial charge is 0.489 e. The number of hydrogen-bond acceptors (Lipinski definition) is 4. The molecule has 20 heavy (non-hydrogen) atoms. The minimum Gasteiger partial charge on any atom is -0.489 e. The van der Waals surface area contributed by atoms with Gasteiger partial charge in [0.15, 0.2) is 0 Å². The molecule has 4 heteroatoms. The number of rotatable bonds is 4. The highest BCUT2D eigenvalue weighted by atomic mass is 16.5. The highest BCUT2D eigenvalue weighted by Gasteiger charge is 2.19. The molecule has 2 aromatic rings. The number of nitrogens with two attached hydrogens (primary N) is 1. The second-order valence-corrected chi connectivity index (χ2v) is 4.63. The van der Waals surface area contributed by atoms with Crippen LogP contribution in [0.15, 0.2) is 59.6 Å². The predicted octanol–water partition coefficient (Wildman–Crippen LogP) is 2.65. The minimum absolute atomic E-state index is 0.0711. The number of amidine groups is 1. The molecule has 1 unspecified atom stereocenters. The van der Waals surface area contributed by atoms with Crippen LogP contribution in [0.25, 0.3) is 0 Å². The van der Waals surface area contributed by atoms with Crippen molar-refractivity contribution in [1.82, 2.24) is 0 Å². The molecule has 102 valence electrons. The molecule has 1 heterocycles. The molecule has 1 aliphatic rings. The number of hydrogen-bond donors (Lipinski definition) is 1. The van der Waals surface area contributed by atoms with Crippen molar-refractivity contribution < 1.29 is 9.47 Å². The Morgan fingerprint density at radius 1 is 1.10 bits per heavy atom. The van der Waals surface area contributed by atoms with E-state index in [-0.39, 0.29) is 12.1 Å². The Balaban J connectivity index is 1.59. The molecule has 2 N–H and O–H groups in total. The molecule has 0 aromatic heterocycles. The van der Waals surface area contributed by atoms with Crippen LogP contribution in [0, 0.1) is 0 Å². The van der Waals surface area contributed by atoms with Gasteiger partial charge in [0.2, 0.25) is 0 Å². The van der Waals surface area contributed by atoms with Gasteiger partial charge in [0, 0.05) is 0 Å². The summed E-state index contributed by atoms with van der Waals surface area (Å²) in [5.41, 5.74) is 7.71.